The number of ether oxygens (including phenoxy) is 1. The molecule has 138 valence electrons. The number of halogens is 1. The lowest BCUT2D eigenvalue weighted by atomic mass is 9.74. The number of nitrogens with one attached hydrogen (secondary N) is 1. The Morgan fingerprint density at radius 2 is 1.96 bits per heavy atom. The standard InChI is InChI=1S/C19H26ClNO4/c1-10(2)25-17-9-16(15(20)8-12(17)4)21-18(22)13-6-5-11(3)7-14(13)19(23)24/h8-11,13-14H,5-7H2,1-4H3,(H,21,22)(H,23,24). The fourth-order valence-corrected chi connectivity index (χ4v) is 3.59. The fourth-order valence-electron chi connectivity index (χ4n) is 3.32. The van der Waals surface area contributed by atoms with E-state index in [1.54, 1.807) is 12.1 Å². The molecule has 2 N–H and O–H groups in total. The molecule has 3 unspecified atom stereocenters. The number of aliphatic carboxylic acids is 1. The molecule has 1 amide bonds. The monoisotopic (exact) mass is 367 g/mol. The van der Waals surface area contributed by atoms with Gasteiger partial charge < -0.3 is 15.2 Å². The number of aryl methyl sites for hydroxylation is 1. The molecule has 1 aromatic rings. The van der Waals surface area contributed by atoms with Crippen molar-refractivity contribution in [1.29, 1.82) is 0 Å². The molecule has 1 aliphatic rings. The van der Waals surface area contributed by atoms with Crippen molar-refractivity contribution in [2.75, 3.05) is 5.32 Å². The van der Waals surface area contributed by atoms with E-state index in [-0.39, 0.29) is 12.0 Å². The van der Waals surface area contributed by atoms with Crippen molar-refractivity contribution in [2.24, 2.45) is 17.8 Å². The number of carbonyl (C=O) groups is 2. The summed E-state index contributed by atoms with van der Waals surface area (Å²) >= 11 is 6.26. The number of hydrogen-bond acceptors (Lipinski definition) is 3. The van der Waals surface area contributed by atoms with E-state index in [4.69, 9.17) is 16.3 Å². The highest BCUT2D eigenvalue weighted by Gasteiger charge is 2.38. The van der Waals surface area contributed by atoms with Crippen LogP contribution in [-0.2, 0) is 9.59 Å². The van der Waals surface area contributed by atoms with Crippen LogP contribution in [0.25, 0.3) is 0 Å². The van der Waals surface area contributed by atoms with E-state index in [0.717, 1.165) is 12.0 Å². The minimum absolute atomic E-state index is 0.000324. The van der Waals surface area contributed by atoms with Gasteiger partial charge in [0, 0.05) is 6.07 Å². The Morgan fingerprint density at radius 3 is 2.56 bits per heavy atom. The van der Waals surface area contributed by atoms with Gasteiger partial charge in [-0.05, 0) is 57.6 Å². The lowest BCUT2D eigenvalue weighted by Gasteiger charge is -2.31. The van der Waals surface area contributed by atoms with Crippen molar-refractivity contribution >= 4 is 29.2 Å². The summed E-state index contributed by atoms with van der Waals surface area (Å²) in [5.41, 5.74) is 1.34. The smallest absolute Gasteiger partial charge is 0.307 e. The number of rotatable bonds is 5. The van der Waals surface area contributed by atoms with Crippen molar-refractivity contribution in [1.82, 2.24) is 0 Å². The highest BCUT2D eigenvalue weighted by molar-refractivity contribution is 6.33. The summed E-state index contributed by atoms with van der Waals surface area (Å²) in [6.07, 6.45) is 1.95. The van der Waals surface area contributed by atoms with Crippen molar-refractivity contribution in [3.05, 3.63) is 22.7 Å². The number of amides is 1. The molecule has 5 nitrogen and oxygen atoms in total. The van der Waals surface area contributed by atoms with Crippen LogP contribution in [0.4, 0.5) is 5.69 Å². The second-order valence-electron chi connectivity index (χ2n) is 7.22. The minimum atomic E-state index is -0.912. The number of anilines is 1. The van der Waals surface area contributed by atoms with Gasteiger partial charge in [-0.3, -0.25) is 9.59 Å². The summed E-state index contributed by atoms with van der Waals surface area (Å²) in [5.74, 6) is -1.42. The topological polar surface area (TPSA) is 75.6 Å². The summed E-state index contributed by atoms with van der Waals surface area (Å²) in [6, 6.07) is 3.45. The molecule has 0 aromatic heterocycles. The van der Waals surface area contributed by atoms with E-state index in [9.17, 15) is 14.7 Å². The summed E-state index contributed by atoms with van der Waals surface area (Å²) < 4.78 is 5.74. The Hall–Kier alpha value is -1.75. The van der Waals surface area contributed by atoms with E-state index < -0.39 is 17.8 Å². The molecular formula is C19H26ClNO4. The lowest BCUT2D eigenvalue weighted by Crippen LogP contribution is -2.38. The third-order valence-corrected chi connectivity index (χ3v) is 4.96. The summed E-state index contributed by atoms with van der Waals surface area (Å²) in [4.78, 5) is 24.2. The van der Waals surface area contributed by atoms with Crippen LogP contribution in [0.1, 0.15) is 45.6 Å². The summed E-state index contributed by atoms with van der Waals surface area (Å²) in [7, 11) is 0. The Bertz CT molecular complexity index is 659. The molecule has 25 heavy (non-hydrogen) atoms. The Kier molecular flexibility index (Phi) is 6.33. The predicted octanol–water partition coefficient (Wildman–Crippen LogP) is 4.51. The van der Waals surface area contributed by atoms with E-state index in [2.05, 4.69) is 5.32 Å². The molecule has 0 radical (unpaired) electrons. The largest absolute Gasteiger partial charge is 0.491 e. The van der Waals surface area contributed by atoms with Gasteiger partial charge in [0.15, 0.2) is 0 Å². The maximum atomic E-state index is 12.7. The van der Waals surface area contributed by atoms with Crippen molar-refractivity contribution in [3.8, 4) is 5.75 Å². The summed E-state index contributed by atoms with van der Waals surface area (Å²) in [6.45, 7) is 7.76. The molecule has 0 bridgehead atoms. The van der Waals surface area contributed by atoms with E-state index in [1.165, 1.54) is 0 Å². The maximum absolute atomic E-state index is 12.7. The number of carbonyl (C=O) groups excluding carboxylic acids is 1. The van der Waals surface area contributed by atoms with Crippen molar-refractivity contribution in [3.63, 3.8) is 0 Å². The number of hydrogen-bond donors (Lipinski definition) is 2. The molecule has 0 heterocycles. The highest BCUT2D eigenvalue weighted by atomic mass is 35.5. The van der Waals surface area contributed by atoms with Crippen LogP contribution in [0, 0.1) is 24.7 Å². The van der Waals surface area contributed by atoms with E-state index >= 15 is 0 Å². The first-order valence-corrected chi connectivity index (χ1v) is 9.07. The zero-order valence-electron chi connectivity index (χ0n) is 15.1. The molecule has 1 fully saturated rings. The molecule has 1 saturated carbocycles. The maximum Gasteiger partial charge on any atom is 0.307 e. The van der Waals surface area contributed by atoms with Gasteiger partial charge in [-0.25, -0.2) is 0 Å². The predicted molar refractivity (Wildman–Crippen MR) is 98.2 cm³/mol. The molecule has 3 atom stereocenters. The van der Waals surface area contributed by atoms with Crippen molar-refractivity contribution in [2.45, 2.75) is 53.1 Å². The number of carboxylic acids is 1. The molecule has 1 aliphatic carbocycles. The Balaban J connectivity index is 2.20. The molecule has 1 aromatic carbocycles. The van der Waals surface area contributed by atoms with Crippen LogP contribution in [-0.4, -0.2) is 23.1 Å². The van der Waals surface area contributed by atoms with E-state index in [0.29, 0.717) is 35.2 Å². The first-order valence-electron chi connectivity index (χ1n) is 8.69. The minimum Gasteiger partial charge on any atom is -0.491 e. The first-order chi connectivity index (χ1) is 11.7. The lowest BCUT2D eigenvalue weighted by molar-refractivity contribution is -0.148. The van der Waals surface area contributed by atoms with Gasteiger partial charge in [0.1, 0.15) is 5.75 Å². The molecule has 0 saturated heterocycles. The zero-order chi connectivity index (χ0) is 18.7. The van der Waals surface area contributed by atoms with Crippen molar-refractivity contribution < 1.29 is 19.4 Å². The van der Waals surface area contributed by atoms with Gasteiger partial charge >= 0.3 is 5.97 Å². The fraction of sp³-hybridized carbons (Fsp3) is 0.579. The zero-order valence-corrected chi connectivity index (χ0v) is 15.9. The van der Waals surface area contributed by atoms with Gasteiger partial charge in [-0.15, -0.1) is 0 Å². The highest BCUT2D eigenvalue weighted by Crippen LogP contribution is 2.36. The van der Waals surface area contributed by atoms with Gasteiger partial charge in [0.25, 0.3) is 0 Å². The van der Waals surface area contributed by atoms with Crippen LogP contribution >= 0.6 is 11.6 Å². The quantitative estimate of drug-likeness (QED) is 0.802. The van der Waals surface area contributed by atoms with Crippen LogP contribution in [0.5, 0.6) is 5.75 Å². The average Bonchev–Trinajstić information content (AvgIpc) is 2.51. The van der Waals surface area contributed by atoms with Gasteiger partial charge in [-0.1, -0.05) is 18.5 Å². The molecule has 0 spiro atoms. The number of benzene rings is 1. The first kappa shape index (κ1) is 19.6. The Morgan fingerprint density at radius 1 is 1.28 bits per heavy atom. The van der Waals surface area contributed by atoms with Gasteiger partial charge in [-0.2, -0.15) is 0 Å². The van der Waals surface area contributed by atoms with Gasteiger partial charge in [0.2, 0.25) is 5.91 Å². The third-order valence-electron chi connectivity index (χ3n) is 4.65. The van der Waals surface area contributed by atoms with Crippen LogP contribution < -0.4 is 10.1 Å². The molecular weight excluding hydrogens is 342 g/mol. The second kappa shape index (κ2) is 8.09. The van der Waals surface area contributed by atoms with Crippen LogP contribution in [0.3, 0.4) is 0 Å². The number of carboxylic acid groups (broad SMARTS) is 1. The van der Waals surface area contributed by atoms with Gasteiger partial charge in [0.05, 0.1) is 28.6 Å². The molecule has 0 aliphatic heterocycles. The van der Waals surface area contributed by atoms with Crippen LogP contribution in [0.15, 0.2) is 12.1 Å². The SMILES string of the molecule is Cc1cc(Cl)c(NC(=O)C2CCC(C)CC2C(=O)O)cc1OC(C)C. The normalized spacial score (nSPS) is 23.4. The van der Waals surface area contributed by atoms with Crippen LogP contribution in [0.2, 0.25) is 5.02 Å². The second-order valence-corrected chi connectivity index (χ2v) is 7.63. The Labute approximate surface area is 153 Å². The summed E-state index contributed by atoms with van der Waals surface area (Å²) in [5, 5.41) is 12.7. The molecule has 2 rings (SSSR count). The molecule has 6 heteroatoms. The average molecular weight is 368 g/mol. The third kappa shape index (κ3) is 4.88. The van der Waals surface area contributed by atoms with E-state index in [1.807, 2.05) is 27.7 Å².